The van der Waals surface area contributed by atoms with Crippen molar-refractivity contribution in [3.8, 4) is 17.2 Å². The van der Waals surface area contributed by atoms with Crippen molar-refractivity contribution in [1.29, 1.82) is 0 Å². The highest BCUT2D eigenvalue weighted by Crippen LogP contribution is 2.43. The molecule has 0 bridgehead atoms. The van der Waals surface area contributed by atoms with Crippen LogP contribution in [0.3, 0.4) is 0 Å². The van der Waals surface area contributed by atoms with Crippen molar-refractivity contribution in [3.05, 3.63) is 119 Å². The fourth-order valence-electron chi connectivity index (χ4n) is 6.18. The van der Waals surface area contributed by atoms with Gasteiger partial charge in [-0.2, -0.15) is 0 Å². The second-order valence-corrected chi connectivity index (χ2v) is 11.9. The molecule has 6 rings (SSSR count). The maximum Gasteiger partial charge on any atom is 0.310 e. The van der Waals surface area contributed by atoms with Gasteiger partial charge < -0.3 is 39.0 Å². The summed E-state index contributed by atoms with van der Waals surface area (Å²) >= 11 is 0. The van der Waals surface area contributed by atoms with E-state index in [1.54, 1.807) is 104 Å². The highest BCUT2D eigenvalue weighted by molar-refractivity contribution is 6.08. The Balaban J connectivity index is 1.46. The molecule has 2 amide bonds. The van der Waals surface area contributed by atoms with E-state index in [1.165, 1.54) is 4.90 Å². The van der Waals surface area contributed by atoms with Gasteiger partial charge in [0.15, 0.2) is 11.5 Å². The third-order valence-corrected chi connectivity index (χ3v) is 8.50. The Hall–Kier alpha value is -5.88. The number of ether oxygens (including phenoxy) is 5. The normalized spacial score (nSPS) is 17.2. The monoisotopic (exact) mass is 694 g/mol. The fourth-order valence-corrected chi connectivity index (χ4v) is 6.18. The number of esters is 2. The van der Waals surface area contributed by atoms with Gasteiger partial charge in [0.05, 0.1) is 43.8 Å². The first-order valence-corrected chi connectivity index (χ1v) is 16.7. The van der Waals surface area contributed by atoms with Crippen LogP contribution in [-0.2, 0) is 25.5 Å². The van der Waals surface area contributed by atoms with E-state index in [0.29, 0.717) is 51.6 Å². The zero-order valence-corrected chi connectivity index (χ0v) is 28.0. The molecule has 4 aromatic carbocycles. The fraction of sp³-hybridized carbons (Fsp3) is 0.282. The van der Waals surface area contributed by atoms with Gasteiger partial charge >= 0.3 is 11.9 Å². The number of carbonyl (C=O) groups is 4. The van der Waals surface area contributed by atoms with Crippen LogP contribution >= 0.6 is 0 Å². The largest absolute Gasteiger partial charge is 0.493 e. The highest BCUT2D eigenvalue weighted by atomic mass is 16.7. The summed E-state index contributed by atoms with van der Waals surface area (Å²) in [5.41, 5.74) is 2.08. The van der Waals surface area contributed by atoms with Crippen molar-refractivity contribution in [2.75, 3.05) is 31.5 Å². The Morgan fingerprint density at radius 1 is 0.863 bits per heavy atom. The van der Waals surface area contributed by atoms with Crippen LogP contribution in [0.1, 0.15) is 57.7 Å². The molecule has 0 unspecified atom stereocenters. The Bertz CT molecular complexity index is 1870. The zero-order chi connectivity index (χ0) is 35.7. The Labute approximate surface area is 294 Å². The first-order chi connectivity index (χ1) is 24.9. The van der Waals surface area contributed by atoms with Crippen LogP contribution in [-0.4, -0.2) is 67.6 Å². The van der Waals surface area contributed by atoms with Gasteiger partial charge in [-0.15, -0.1) is 0 Å². The van der Waals surface area contributed by atoms with Gasteiger partial charge in [0, 0.05) is 29.7 Å². The van der Waals surface area contributed by atoms with Crippen LogP contribution in [0, 0.1) is 0 Å². The molecule has 2 heterocycles. The second-order valence-electron chi connectivity index (χ2n) is 11.9. The van der Waals surface area contributed by atoms with Crippen molar-refractivity contribution in [2.24, 2.45) is 0 Å². The van der Waals surface area contributed by atoms with Gasteiger partial charge in [-0.05, 0) is 67.1 Å². The molecule has 12 nitrogen and oxygen atoms in total. The summed E-state index contributed by atoms with van der Waals surface area (Å²) in [4.78, 5) is 56.8. The average Bonchev–Trinajstić information content (AvgIpc) is 3.62. The van der Waals surface area contributed by atoms with E-state index in [1.807, 2.05) is 0 Å². The number of carbonyl (C=O) groups excluding carboxylic acids is 4. The van der Waals surface area contributed by atoms with Crippen molar-refractivity contribution >= 4 is 29.4 Å². The van der Waals surface area contributed by atoms with Crippen LogP contribution in [0.25, 0.3) is 0 Å². The van der Waals surface area contributed by atoms with E-state index in [2.05, 4.69) is 5.32 Å². The molecule has 0 aliphatic carbocycles. The maximum absolute atomic E-state index is 14.5. The van der Waals surface area contributed by atoms with E-state index in [9.17, 15) is 24.3 Å². The van der Waals surface area contributed by atoms with Crippen molar-refractivity contribution in [1.82, 2.24) is 5.32 Å². The molecule has 0 fully saturated rings. The predicted molar refractivity (Wildman–Crippen MR) is 185 cm³/mol. The van der Waals surface area contributed by atoms with E-state index < -0.39 is 41.9 Å². The second kappa shape index (κ2) is 16.2. The van der Waals surface area contributed by atoms with Gasteiger partial charge in [-0.25, -0.2) is 0 Å². The summed E-state index contributed by atoms with van der Waals surface area (Å²) in [6.45, 7) is 1.97. The Morgan fingerprint density at radius 3 is 2.31 bits per heavy atom. The van der Waals surface area contributed by atoms with Crippen LogP contribution in [0.5, 0.6) is 17.2 Å². The quantitative estimate of drug-likeness (QED) is 0.148. The standard InChI is InChI=1S/C39H38N2O10/c1-2-47-34(43)23-31-37(51-35(44)21-25-14-17-32-33(20-25)50-24-49-32)36(40-38(45)26-10-5-3-6-11-26)29-22-28(48-19-9-18-42)15-16-30(29)41(31)39(46)27-12-7-4-8-13-27/h3-8,10-17,20,22,31,36-37,42H,2,9,18-19,21,23-24H2,1H3,(H,40,45)/t31-,36-,37-/m0/s1. The molecule has 3 atom stereocenters. The number of aliphatic hydroxyl groups is 1. The molecular formula is C39H38N2O10. The molecule has 2 aliphatic rings. The summed E-state index contributed by atoms with van der Waals surface area (Å²) in [6.07, 6.45) is -1.41. The summed E-state index contributed by atoms with van der Waals surface area (Å²) in [6, 6.07) is 25.0. The number of fused-ring (bicyclic) bond motifs is 2. The van der Waals surface area contributed by atoms with Crippen LogP contribution in [0.4, 0.5) is 5.69 Å². The molecule has 0 spiro atoms. The van der Waals surface area contributed by atoms with Crippen molar-refractivity contribution in [2.45, 2.75) is 44.4 Å². The van der Waals surface area contributed by atoms with Gasteiger partial charge in [-0.3, -0.25) is 19.2 Å². The van der Waals surface area contributed by atoms with Crippen molar-refractivity contribution in [3.63, 3.8) is 0 Å². The van der Waals surface area contributed by atoms with Crippen LogP contribution < -0.4 is 24.4 Å². The molecule has 2 N–H and O–H groups in total. The van der Waals surface area contributed by atoms with Gasteiger partial charge in [0.25, 0.3) is 11.8 Å². The molecule has 264 valence electrons. The molecule has 0 saturated carbocycles. The lowest BCUT2D eigenvalue weighted by Crippen LogP contribution is -2.58. The minimum Gasteiger partial charge on any atom is -0.493 e. The molecule has 4 aromatic rings. The van der Waals surface area contributed by atoms with E-state index in [0.717, 1.165) is 0 Å². The number of benzene rings is 4. The van der Waals surface area contributed by atoms with E-state index >= 15 is 0 Å². The summed E-state index contributed by atoms with van der Waals surface area (Å²) in [7, 11) is 0. The summed E-state index contributed by atoms with van der Waals surface area (Å²) in [5, 5.41) is 12.4. The van der Waals surface area contributed by atoms with E-state index in [-0.39, 0.29) is 39.5 Å². The topological polar surface area (TPSA) is 150 Å². The van der Waals surface area contributed by atoms with Crippen LogP contribution in [0.15, 0.2) is 97.1 Å². The number of rotatable bonds is 13. The number of amides is 2. The number of hydrogen-bond acceptors (Lipinski definition) is 10. The molecule has 51 heavy (non-hydrogen) atoms. The smallest absolute Gasteiger partial charge is 0.310 e. The minimum absolute atomic E-state index is 0.0695. The molecule has 0 saturated heterocycles. The van der Waals surface area contributed by atoms with Crippen LogP contribution in [0.2, 0.25) is 0 Å². The summed E-state index contributed by atoms with van der Waals surface area (Å²) in [5.74, 6) is -0.752. The lowest BCUT2D eigenvalue weighted by atomic mass is 9.85. The first-order valence-electron chi connectivity index (χ1n) is 16.7. The summed E-state index contributed by atoms with van der Waals surface area (Å²) < 4.78 is 28.4. The molecule has 12 heteroatoms. The SMILES string of the molecule is CCOC(=O)C[C@H]1[C@H](OC(=O)Cc2ccc3c(c2)OCO3)[C@@H](NC(=O)c2ccccc2)c2cc(OCCCO)ccc2N1C(=O)c1ccccc1. The van der Waals surface area contributed by atoms with Crippen molar-refractivity contribution < 1.29 is 48.0 Å². The molecule has 0 radical (unpaired) electrons. The molecule has 0 aromatic heterocycles. The number of anilines is 1. The lowest BCUT2D eigenvalue weighted by molar-refractivity contribution is -0.154. The van der Waals surface area contributed by atoms with Gasteiger partial charge in [0.1, 0.15) is 11.9 Å². The molecule has 2 aliphatic heterocycles. The first kappa shape index (κ1) is 35.0. The number of hydrogen-bond donors (Lipinski definition) is 2. The van der Waals surface area contributed by atoms with Gasteiger partial charge in [0.2, 0.25) is 6.79 Å². The van der Waals surface area contributed by atoms with Gasteiger partial charge in [-0.1, -0.05) is 42.5 Å². The Kier molecular flexibility index (Phi) is 11.1. The third-order valence-electron chi connectivity index (χ3n) is 8.50. The highest BCUT2D eigenvalue weighted by Gasteiger charge is 2.48. The number of nitrogens with zero attached hydrogens (tertiary/aromatic N) is 1. The Morgan fingerprint density at radius 2 is 1.59 bits per heavy atom. The lowest BCUT2D eigenvalue weighted by Gasteiger charge is -2.45. The number of aliphatic hydroxyl groups excluding tert-OH is 1. The average molecular weight is 695 g/mol. The predicted octanol–water partition coefficient (Wildman–Crippen LogP) is 4.78. The maximum atomic E-state index is 14.5. The third kappa shape index (κ3) is 8.13. The van der Waals surface area contributed by atoms with E-state index in [4.69, 9.17) is 23.7 Å². The zero-order valence-electron chi connectivity index (χ0n) is 28.0. The number of nitrogens with one attached hydrogen (secondary N) is 1. The minimum atomic E-state index is -1.27. The molecular weight excluding hydrogens is 656 g/mol.